The molecule has 282 valence electrons. The lowest BCUT2D eigenvalue weighted by atomic mass is 9.82. The van der Waals surface area contributed by atoms with Gasteiger partial charge >= 0.3 is 8.64 Å². The van der Waals surface area contributed by atoms with Crippen molar-refractivity contribution in [1.82, 2.24) is 13.4 Å². The summed E-state index contributed by atoms with van der Waals surface area (Å²) in [6, 6.07) is 45.6. The third-order valence-electron chi connectivity index (χ3n) is 13.5. The Kier molecular flexibility index (Phi) is 6.57. The average molecular weight is 769 g/mol. The summed E-state index contributed by atoms with van der Waals surface area (Å²) in [5.74, 6) is 0. The van der Waals surface area contributed by atoms with Crippen molar-refractivity contribution in [2.45, 2.75) is 59.4 Å². The number of nitrogens with zero attached hydrogens (tertiary/aromatic N) is 4. The summed E-state index contributed by atoms with van der Waals surface area (Å²) in [5, 5.41) is 2.34. The van der Waals surface area contributed by atoms with Gasteiger partial charge in [-0.25, -0.2) is 4.99 Å². The van der Waals surface area contributed by atoms with Gasteiger partial charge < -0.3 is 17.8 Å². The second-order valence-corrected chi connectivity index (χ2v) is 20.5. The van der Waals surface area contributed by atoms with Crippen LogP contribution >= 0.6 is 0 Å². The van der Waals surface area contributed by atoms with Gasteiger partial charge in [0.05, 0.1) is 22.1 Å². The van der Waals surface area contributed by atoms with Crippen molar-refractivity contribution in [2.75, 3.05) is 0 Å². The molecule has 0 amide bonds. The highest BCUT2D eigenvalue weighted by molar-refractivity contribution is 6.71. The van der Waals surface area contributed by atoms with Gasteiger partial charge in [-0.2, -0.15) is 0 Å². The maximum atomic E-state index is 7.97. The zero-order valence-corrected chi connectivity index (χ0v) is 35.0. The first kappa shape index (κ1) is 33.9. The van der Waals surface area contributed by atoms with Crippen molar-refractivity contribution in [1.29, 1.82) is 0 Å². The van der Waals surface area contributed by atoms with E-state index in [-0.39, 0.29) is 0 Å². The zero-order chi connectivity index (χ0) is 39.5. The van der Waals surface area contributed by atoms with Crippen LogP contribution in [0.1, 0.15) is 69.7 Å². The van der Waals surface area contributed by atoms with Crippen LogP contribution in [-0.4, -0.2) is 33.3 Å². The summed E-state index contributed by atoms with van der Waals surface area (Å²) in [4.78, 5) is 5.66. The monoisotopic (exact) mass is 768 g/mol. The minimum Gasteiger partial charge on any atom is -0.373 e. The lowest BCUT2D eigenvalue weighted by Crippen LogP contribution is -2.64. The maximum absolute atomic E-state index is 7.97. The van der Waals surface area contributed by atoms with Gasteiger partial charge in [0, 0.05) is 45.0 Å². The molecule has 6 aliphatic rings. The van der Waals surface area contributed by atoms with Crippen molar-refractivity contribution < 1.29 is 4.43 Å². The second-order valence-electron chi connectivity index (χ2n) is 17.6. The van der Waals surface area contributed by atoms with Gasteiger partial charge in [-0.1, -0.05) is 119 Å². The molecule has 6 bridgehead atoms. The van der Waals surface area contributed by atoms with Crippen molar-refractivity contribution in [3.8, 4) is 0 Å². The molecule has 0 saturated carbocycles. The van der Waals surface area contributed by atoms with E-state index in [4.69, 9.17) is 9.42 Å². The molecule has 58 heavy (non-hydrogen) atoms. The molecule has 0 N–H and O–H groups in total. The third kappa shape index (κ3) is 4.11. The Hall–Kier alpha value is -6.21. The van der Waals surface area contributed by atoms with Gasteiger partial charge in [-0.3, -0.25) is 0 Å². The summed E-state index contributed by atoms with van der Waals surface area (Å²) in [6.45, 7) is 15.8. The van der Waals surface area contributed by atoms with E-state index in [1.54, 1.807) is 0 Å². The smallest absolute Gasteiger partial charge is 0.373 e. The second kappa shape index (κ2) is 11.2. The van der Waals surface area contributed by atoms with Gasteiger partial charge in [0.2, 0.25) is 0 Å². The number of hydrogen-bond donors (Lipinski definition) is 0. The molecule has 1 saturated heterocycles. The maximum Gasteiger partial charge on any atom is 0.423 e. The molecule has 0 aliphatic carbocycles. The number of aryl methyl sites for hydroxylation is 4. The minimum absolute atomic E-state index is 0.668. The van der Waals surface area contributed by atoms with Gasteiger partial charge in [0.15, 0.2) is 5.66 Å². The predicted molar refractivity (Wildman–Crippen MR) is 237 cm³/mol. The van der Waals surface area contributed by atoms with E-state index in [1.165, 1.54) is 66.8 Å². The molecule has 8 heterocycles. The lowest BCUT2D eigenvalue weighted by Gasteiger charge is -2.47. The topological polar surface area (TPSA) is 34.7 Å². The molecule has 0 radical (unpaired) electrons. The Bertz CT molecular complexity index is 3130. The van der Waals surface area contributed by atoms with Crippen molar-refractivity contribution >= 4 is 36.6 Å². The Morgan fingerprint density at radius 2 is 1.00 bits per heavy atom. The summed E-state index contributed by atoms with van der Waals surface area (Å²) in [7, 11) is -3.16. The van der Waals surface area contributed by atoms with Crippen LogP contribution < -0.4 is 10.7 Å². The third-order valence-corrected chi connectivity index (χ3v) is 17.1. The molecule has 1 fully saturated rings. The van der Waals surface area contributed by atoms with Crippen molar-refractivity contribution in [2.24, 2.45) is 4.99 Å². The van der Waals surface area contributed by atoms with Crippen molar-refractivity contribution in [3.05, 3.63) is 223 Å². The first-order valence-electron chi connectivity index (χ1n) is 20.5. The summed E-state index contributed by atoms with van der Waals surface area (Å²) in [6.07, 6.45) is 7.02. The largest absolute Gasteiger partial charge is 0.423 e. The van der Waals surface area contributed by atoms with Crippen LogP contribution in [0.2, 0.25) is 6.55 Å². The number of aromatic nitrogens is 2. The van der Waals surface area contributed by atoms with Gasteiger partial charge in [-0.15, -0.1) is 0 Å². The van der Waals surface area contributed by atoms with Gasteiger partial charge in [-0.05, 0) is 113 Å². The van der Waals surface area contributed by atoms with E-state index in [1.807, 2.05) is 0 Å². The number of allylic oxidation sites excluding steroid dienone is 3. The first-order chi connectivity index (χ1) is 28.0. The van der Waals surface area contributed by atoms with E-state index in [2.05, 4.69) is 201 Å². The molecule has 1 spiro atoms. The van der Waals surface area contributed by atoms with Crippen LogP contribution in [0, 0.1) is 27.7 Å². The van der Waals surface area contributed by atoms with E-state index in [0.717, 1.165) is 44.7 Å². The van der Waals surface area contributed by atoms with E-state index in [0.29, 0.717) is 0 Å². The number of aliphatic imine (C=N–C) groups is 1. The molecular formula is C52H44N4OSi. The van der Waals surface area contributed by atoms with E-state index < -0.39 is 19.9 Å². The van der Waals surface area contributed by atoms with Crippen LogP contribution in [0.25, 0.3) is 22.3 Å². The highest BCUT2D eigenvalue weighted by Crippen LogP contribution is 2.64. The Labute approximate surface area is 340 Å². The molecule has 2 aromatic heterocycles. The van der Waals surface area contributed by atoms with Gasteiger partial charge in [0.1, 0.15) is 5.60 Å². The number of benzene rings is 4. The van der Waals surface area contributed by atoms with Crippen LogP contribution in [-0.2, 0) is 10.1 Å². The van der Waals surface area contributed by atoms with Gasteiger partial charge in [0.25, 0.3) is 0 Å². The fraction of sp³-hybridized carbons (Fsp3) is 0.173. The van der Waals surface area contributed by atoms with Crippen LogP contribution in [0.3, 0.4) is 0 Å². The van der Waals surface area contributed by atoms with E-state index in [9.17, 15) is 0 Å². The Morgan fingerprint density at radius 3 is 1.55 bits per heavy atom. The molecule has 12 rings (SSSR count). The standard InChI is InChI=1S/C52H44N4OSi/c1-31-8-16-35(17-9-31)47-39-30-46-50(38-22-14-34(4)15-23-38)45-29-28-44-49(37-20-12-33(3)13-21-37)41-25-24-40(53-41)48(36-18-10-32(2)11-19-36)43-27-26-42(47)54(43)52(39)51(5,6)57-58(7,55(44)45)56(46)52/h8-30H,1-7H3/t52-,58-/m0/s1. The number of hydrogen-bond acceptors (Lipinski definition) is 3. The zero-order valence-electron chi connectivity index (χ0n) is 34.0. The quantitative estimate of drug-likeness (QED) is 0.168. The van der Waals surface area contributed by atoms with Crippen LogP contribution in [0.5, 0.6) is 0 Å². The van der Waals surface area contributed by atoms with E-state index >= 15 is 0 Å². The highest BCUT2D eigenvalue weighted by Gasteiger charge is 2.76. The summed E-state index contributed by atoms with van der Waals surface area (Å²) in [5.41, 5.74) is 19.8. The molecule has 6 aliphatic heterocycles. The fourth-order valence-electron chi connectivity index (χ4n) is 11.1. The molecule has 6 aromatic rings. The Balaban J connectivity index is 1.33. The molecular weight excluding hydrogens is 725 g/mol. The molecule has 4 aromatic carbocycles. The minimum atomic E-state index is -3.16. The Morgan fingerprint density at radius 1 is 0.534 bits per heavy atom. The SMILES string of the molecule is Cc1ccc(C2=C3C=CC(=N3)C(c3ccc(C)cc3)=c3ccc4n3[C@]35C(=CC6=C(c7ccc(C)cc7)c7ccc2n7[Si@](C)(OC3(C)C)N65)C=4c2ccc(C)cc2)cc1. The molecule has 0 unspecified atom stereocenters. The number of rotatable bonds is 4. The fourth-order valence-corrected chi connectivity index (χ4v) is 15.5. The molecule has 2 atom stereocenters. The van der Waals surface area contributed by atoms with Crippen molar-refractivity contribution in [3.63, 3.8) is 0 Å². The van der Waals surface area contributed by atoms with Crippen LogP contribution in [0.15, 0.2) is 162 Å². The summed E-state index contributed by atoms with van der Waals surface area (Å²) >= 11 is 0. The normalized spacial score (nSPS) is 22.8. The number of fused-ring (bicyclic) bond motifs is 1. The molecule has 5 nitrogen and oxygen atoms in total. The average Bonchev–Trinajstić information content (AvgIpc) is 4.04. The first-order valence-corrected chi connectivity index (χ1v) is 22.8. The highest BCUT2D eigenvalue weighted by atomic mass is 28.4. The predicted octanol–water partition coefficient (Wildman–Crippen LogP) is 9.31. The molecule has 6 heteroatoms. The summed E-state index contributed by atoms with van der Waals surface area (Å²) < 4.78 is 16.1. The lowest BCUT2D eigenvalue weighted by molar-refractivity contribution is 0.0103. The van der Waals surface area contributed by atoms with Crippen LogP contribution in [0.4, 0.5) is 0 Å².